The second kappa shape index (κ2) is 5.21. The Bertz CT molecular complexity index is 555. The molecule has 0 atom stereocenters. The van der Waals surface area contributed by atoms with Crippen LogP contribution in [0.2, 0.25) is 0 Å². The van der Waals surface area contributed by atoms with Crippen LogP contribution in [0.5, 0.6) is 5.88 Å². The highest BCUT2D eigenvalue weighted by molar-refractivity contribution is 9.10. The second-order valence-corrected chi connectivity index (χ2v) is 5.32. The number of ether oxygens (including phenoxy) is 1. The molecule has 100 valence electrons. The van der Waals surface area contributed by atoms with E-state index in [0.29, 0.717) is 24.4 Å². The van der Waals surface area contributed by atoms with Gasteiger partial charge in [0, 0.05) is 6.04 Å². The van der Waals surface area contributed by atoms with Crippen molar-refractivity contribution >= 4 is 21.9 Å². The Morgan fingerprint density at radius 1 is 1.53 bits per heavy atom. The molecule has 0 radical (unpaired) electrons. The Hall–Kier alpha value is -1.56. The largest absolute Gasteiger partial charge is 0.480 e. The van der Waals surface area contributed by atoms with Gasteiger partial charge in [0.05, 0.1) is 30.6 Å². The summed E-state index contributed by atoms with van der Waals surface area (Å²) in [6, 6.07) is 4.35. The van der Waals surface area contributed by atoms with Gasteiger partial charge in [0.25, 0.3) is 0 Å². The van der Waals surface area contributed by atoms with E-state index < -0.39 is 0 Å². The summed E-state index contributed by atoms with van der Waals surface area (Å²) in [5.74, 6) is 2.14. The van der Waals surface area contributed by atoms with Crippen molar-refractivity contribution in [3.63, 3.8) is 0 Å². The third kappa shape index (κ3) is 2.73. The first kappa shape index (κ1) is 12.5. The van der Waals surface area contributed by atoms with Gasteiger partial charge in [-0.1, -0.05) is 0 Å². The molecular formula is C13H14BrN3O2. The Balaban J connectivity index is 1.87. The van der Waals surface area contributed by atoms with Gasteiger partial charge in [0.2, 0.25) is 11.8 Å². The van der Waals surface area contributed by atoms with Crippen LogP contribution < -0.4 is 9.64 Å². The molecule has 0 amide bonds. The molecule has 2 aromatic heterocycles. The molecule has 0 saturated heterocycles. The molecule has 2 heterocycles. The highest BCUT2D eigenvalue weighted by Crippen LogP contribution is 2.33. The van der Waals surface area contributed by atoms with Crippen molar-refractivity contribution < 1.29 is 9.15 Å². The first-order valence-corrected chi connectivity index (χ1v) is 6.93. The lowest BCUT2D eigenvalue weighted by Gasteiger charge is -2.21. The number of hydrogen-bond acceptors (Lipinski definition) is 5. The van der Waals surface area contributed by atoms with Gasteiger partial charge in [0.1, 0.15) is 5.76 Å². The maximum atomic E-state index is 5.41. The van der Waals surface area contributed by atoms with E-state index in [0.717, 1.165) is 10.2 Å². The van der Waals surface area contributed by atoms with Crippen LogP contribution in [0.3, 0.4) is 0 Å². The Morgan fingerprint density at radius 2 is 2.37 bits per heavy atom. The molecule has 0 aromatic carbocycles. The minimum atomic E-state index is 0.496. The standard InChI is InChI=1S/C13H14BrN3O2/c1-18-12-11(14)7-15-13(16-12)17(9-4-5-9)8-10-3-2-6-19-10/h2-3,6-7,9H,4-5,8H2,1H3. The smallest absolute Gasteiger partial charge is 0.232 e. The fourth-order valence-electron chi connectivity index (χ4n) is 1.94. The molecular weight excluding hydrogens is 310 g/mol. The fraction of sp³-hybridized carbons (Fsp3) is 0.385. The topological polar surface area (TPSA) is 51.4 Å². The predicted octanol–water partition coefficient (Wildman–Crippen LogP) is 3.01. The zero-order valence-corrected chi connectivity index (χ0v) is 12.1. The van der Waals surface area contributed by atoms with E-state index in [9.17, 15) is 0 Å². The first-order valence-electron chi connectivity index (χ1n) is 6.13. The van der Waals surface area contributed by atoms with Crippen molar-refractivity contribution in [2.24, 2.45) is 0 Å². The molecule has 1 saturated carbocycles. The summed E-state index contributed by atoms with van der Waals surface area (Å²) < 4.78 is 11.4. The van der Waals surface area contributed by atoms with Crippen molar-refractivity contribution in [3.8, 4) is 5.88 Å². The van der Waals surface area contributed by atoms with Crippen molar-refractivity contribution in [2.45, 2.75) is 25.4 Å². The van der Waals surface area contributed by atoms with Crippen molar-refractivity contribution in [1.82, 2.24) is 9.97 Å². The molecule has 2 aromatic rings. The van der Waals surface area contributed by atoms with E-state index in [2.05, 4.69) is 30.8 Å². The quantitative estimate of drug-likeness (QED) is 0.846. The van der Waals surface area contributed by atoms with Crippen LogP contribution >= 0.6 is 15.9 Å². The van der Waals surface area contributed by atoms with Crippen molar-refractivity contribution in [2.75, 3.05) is 12.0 Å². The summed E-state index contributed by atoms with van der Waals surface area (Å²) in [5.41, 5.74) is 0. The molecule has 3 rings (SSSR count). The number of rotatable bonds is 5. The first-order chi connectivity index (χ1) is 9.28. The van der Waals surface area contributed by atoms with Gasteiger partial charge >= 0.3 is 0 Å². The van der Waals surface area contributed by atoms with Crippen LogP contribution in [0.4, 0.5) is 5.95 Å². The SMILES string of the molecule is COc1nc(N(Cc2ccco2)C2CC2)ncc1Br. The lowest BCUT2D eigenvalue weighted by atomic mass is 10.4. The summed E-state index contributed by atoms with van der Waals surface area (Å²) in [7, 11) is 1.60. The van der Waals surface area contributed by atoms with Gasteiger partial charge in [-0.15, -0.1) is 0 Å². The predicted molar refractivity (Wildman–Crippen MR) is 74.2 cm³/mol. The second-order valence-electron chi connectivity index (χ2n) is 4.47. The molecule has 0 aliphatic heterocycles. The van der Waals surface area contributed by atoms with Gasteiger partial charge < -0.3 is 14.1 Å². The number of nitrogens with zero attached hydrogens (tertiary/aromatic N) is 3. The summed E-state index contributed by atoms with van der Waals surface area (Å²) in [6.45, 7) is 0.683. The summed E-state index contributed by atoms with van der Waals surface area (Å²) in [4.78, 5) is 11.0. The van der Waals surface area contributed by atoms with Crippen LogP contribution in [-0.4, -0.2) is 23.1 Å². The summed E-state index contributed by atoms with van der Waals surface area (Å²) >= 11 is 3.37. The third-order valence-corrected chi connectivity index (χ3v) is 3.59. The van der Waals surface area contributed by atoms with Crippen LogP contribution in [0.25, 0.3) is 0 Å². The Kier molecular flexibility index (Phi) is 3.42. The zero-order valence-electron chi connectivity index (χ0n) is 10.5. The molecule has 1 fully saturated rings. The fourth-order valence-corrected chi connectivity index (χ4v) is 2.30. The maximum Gasteiger partial charge on any atom is 0.232 e. The van der Waals surface area contributed by atoms with E-state index in [1.807, 2.05) is 12.1 Å². The molecule has 0 unspecified atom stereocenters. The van der Waals surface area contributed by atoms with Crippen LogP contribution in [-0.2, 0) is 6.54 Å². The molecule has 5 nitrogen and oxygen atoms in total. The number of methoxy groups -OCH3 is 1. The van der Waals surface area contributed by atoms with Gasteiger partial charge in [0.15, 0.2) is 0 Å². The summed E-state index contributed by atoms with van der Waals surface area (Å²) in [5, 5.41) is 0. The molecule has 0 spiro atoms. The molecule has 19 heavy (non-hydrogen) atoms. The van der Waals surface area contributed by atoms with Crippen LogP contribution in [0, 0.1) is 0 Å². The number of halogens is 1. The van der Waals surface area contributed by atoms with Gasteiger partial charge in [-0.25, -0.2) is 4.98 Å². The van der Waals surface area contributed by atoms with Crippen molar-refractivity contribution in [3.05, 3.63) is 34.8 Å². The summed E-state index contributed by atoms with van der Waals surface area (Å²) in [6.07, 6.45) is 5.74. The van der Waals surface area contributed by atoms with E-state index >= 15 is 0 Å². The lowest BCUT2D eigenvalue weighted by Crippen LogP contribution is -2.26. The van der Waals surface area contributed by atoms with Crippen LogP contribution in [0.15, 0.2) is 33.5 Å². The number of hydrogen-bond donors (Lipinski definition) is 0. The van der Waals surface area contributed by atoms with E-state index in [4.69, 9.17) is 9.15 Å². The zero-order chi connectivity index (χ0) is 13.2. The monoisotopic (exact) mass is 323 g/mol. The maximum absolute atomic E-state index is 5.41. The highest BCUT2D eigenvalue weighted by atomic mass is 79.9. The van der Waals surface area contributed by atoms with Gasteiger partial charge in [-0.3, -0.25) is 0 Å². The molecule has 0 bridgehead atoms. The Labute approximate surface area is 119 Å². The molecule has 1 aliphatic carbocycles. The Morgan fingerprint density at radius 3 is 3.00 bits per heavy atom. The van der Waals surface area contributed by atoms with E-state index in [1.165, 1.54) is 12.8 Å². The van der Waals surface area contributed by atoms with E-state index in [-0.39, 0.29) is 0 Å². The number of furan rings is 1. The van der Waals surface area contributed by atoms with Gasteiger partial charge in [-0.2, -0.15) is 4.98 Å². The minimum absolute atomic E-state index is 0.496. The molecule has 6 heteroatoms. The number of anilines is 1. The number of aromatic nitrogens is 2. The van der Waals surface area contributed by atoms with Gasteiger partial charge in [-0.05, 0) is 40.9 Å². The minimum Gasteiger partial charge on any atom is -0.480 e. The normalized spacial score (nSPS) is 14.4. The lowest BCUT2D eigenvalue weighted by molar-refractivity contribution is 0.393. The van der Waals surface area contributed by atoms with Crippen LogP contribution in [0.1, 0.15) is 18.6 Å². The average molecular weight is 324 g/mol. The highest BCUT2D eigenvalue weighted by Gasteiger charge is 2.31. The average Bonchev–Trinajstić information content (AvgIpc) is 3.14. The molecule has 1 aliphatic rings. The van der Waals surface area contributed by atoms with E-state index in [1.54, 1.807) is 19.6 Å². The molecule has 0 N–H and O–H groups in total. The van der Waals surface area contributed by atoms with Crippen molar-refractivity contribution in [1.29, 1.82) is 0 Å². The third-order valence-electron chi connectivity index (χ3n) is 3.04.